The van der Waals surface area contributed by atoms with Crippen LogP contribution in [0.1, 0.15) is 122 Å². The summed E-state index contributed by atoms with van der Waals surface area (Å²) in [7, 11) is 2.21. The minimum atomic E-state index is 1.21. The van der Waals surface area contributed by atoms with E-state index in [2.05, 4.69) is 42.4 Å². The maximum absolute atomic E-state index is 2.51. The molecule has 1 rings (SSSR count). The van der Waals surface area contributed by atoms with E-state index in [-0.39, 0.29) is 0 Å². The third kappa shape index (κ3) is 11.0. The molecule has 0 aliphatic rings. The standard InChI is InChI=1S/C24H47N2/c1-4-6-8-10-12-14-16-18-20-24-25(3)22-23-26(24)21-19-17-15-13-11-9-7-5-2/h22-23H,4-21H2,1-3H3/q+1. The second-order valence-corrected chi connectivity index (χ2v) is 8.22. The van der Waals surface area contributed by atoms with E-state index in [1.54, 1.807) is 0 Å². The number of imidazole rings is 1. The number of hydrogen-bond donors (Lipinski definition) is 0. The zero-order chi connectivity index (χ0) is 18.9. The average Bonchev–Trinajstić information content (AvgIpc) is 2.99. The highest BCUT2D eigenvalue weighted by Gasteiger charge is 2.13. The summed E-state index contributed by atoms with van der Waals surface area (Å²) in [5.41, 5.74) is 0. The van der Waals surface area contributed by atoms with Crippen molar-refractivity contribution in [2.45, 2.75) is 130 Å². The van der Waals surface area contributed by atoms with Crippen molar-refractivity contribution in [3.05, 3.63) is 18.2 Å². The Morgan fingerprint density at radius 3 is 1.65 bits per heavy atom. The Kier molecular flexibility index (Phi) is 14.7. The van der Waals surface area contributed by atoms with Gasteiger partial charge in [-0.15, -0.1) is 0 Å². The number of aromatic nitrogens is 2. The van der Waals surface area contributed by atoms with Crippen LogP contribution in [0.3, 0.4) is 0 Å². The smallest absolute Gasteiger partial charge is 0.237 e. The van der Waals surface area contributed by atoms with Crippen molar-refractivity contribution in [2.24, 2.45) is 7.05 Å². The lowest BCUT2D eigenvalue weighted by Crippen LogP contribution is -2.32. The molecule has 0 aliphatic heterocycles. The van der Waals surface area contributed by atoms with Crippen molar-refractivity contribution >= 4 is 0 Å². The number of hydrogen-bond acceptors (Lipinski definition) is 0. The second kappa shape index (κ2) is 16.4. The second-order valence-electron chi connectivity index (χ2n) is 8.22. The van der Waals surface area contributed by atoms with E-state index in [1.165, 1.54) is 122 Å². The van der Waals surface area contributed by atoms with Crippen LogP contribution in [-0.2, 0) is 20.0 Å². The lowest BCUT2D eigenvalue weighted by molar-refractivity contribution is -0.678. The lowest BCUT2D eigenvalue weighted by Gasteiger charge is -2.05. The first kappa shape index (κ1) is 23.2. The molecule has 0 atom stereocenters. The van der Waals surface area contributed by atoms with Crippen LogP contribution in [0.25, 0.3) is 0 Å². The molecule has 152 valence electrons. The van der Waals surface area contributed by atoms with Gasteiger partial charge in [0.05, 0.1) is 13.6 Å². The van der Waals surface area contributed by atoms with Gasteiger partial charge >= 0.3 is 0 Å². The van der Waals surface area contributed by atoms with E-state index in [9.17, 15) is 0 Å². The molecular weight excluding hydrogens is 316 g/mol. The summed E-state index contributed by atoms with van der Waals surface area (Å²) < 4.78 is 4.85. The summed E-state index contributed by atoms with van der Waals surface area (Å²) in [5, 5.41) is 0. The third-order valence-electron chi connectivity index (χ3n) is 5.72. The van der Waals surface area contributed by atoms with Gasteiger partial charge in [0.2, 0.25) is 0 Å². The fourth-order valence-corrected chi connectivity index (χ4v) is 3.91. The molecule has 0 N–H and O–H groups in total. The van der Waals surface area contributed by atoms with Crippen LogP contribution in [0.2, 0.25) is 0 Å². The molecule has 0 unspecified atom stereocenters. The van der Waals surface area contributed by atoms with Crippen LogP contribution in [0.15, 0.2) is 12.4 Å². The highest BCUT2D eigenvalue weighted by Crippen LogP contribution is 2.12. The Bertz CT molecular complexity index is 422. The molecule has 1 aromatic heterocycles. The van der Waals surface area contributed by atoms with Crippen molar-refractivity contribution in [2.75, 3.05) is 0 Å². The molecular formula is C24H47N2+. The van der Waals surface area contributed by atoms with Gasteiger partial charge < -0.3 is 0 Å². The zero-order valence-corrected chi connectivity index (χ0v) is 18.3. The van der Waals surface area contributed by atoms with E-state index in [0.717, 1.165) is 0 Å². The van der Waals surface area contributed by atoms with Gasteiger partial charge in [-0.25, -0.2) is 9.13 Å². The van der Waals surface area contributed by atoms with Crippen LogP contribution < -0.4 is 4.57 Å². The van der Waals surface area contributed by atoms with Crippen LogP contribution in [0.4, 0.5) is 0 Å². The Hall–Kier alpha value is -0.790. The lowest BCUT2D eigenvalue weighted by atomic mass is 10.1. The Morgan fingerprint density at radius 1 is 0.654 bits per heavy atom. The average molecular weight is 364 g/mol. The molecule has 1 aromatic rings. The molecule has 0 fully saturated rings. The number of nitrogens with zero attached hydrogens (tertiary/aromatic N) is 2. The van der Waals surface area contributed by atoms with Gasteiger partial charge in [-0.3, -0.25) is 0 Å². The van der Waals surface area contributed by atoms with Crippen molar-refractivity contribution < 1.29 is 4.57 Å². The number of rotatable bonds is 18. The molecule has 2 heteroatoms. The van der Waals surface area contributed by atoms with Crippen molar-refractivity contribution in [3.63, 3.8) is 0 Å². The largest absolute Gasteiger partial charge is 0.256 e. The van der Waals surface area contributed by atoms with Crippen LogP contribution in [0.5, 0.6) is 0 Å². The minimum Gasteiger partial charge on any atom is -0.237 e. The van der Waals surface area contributed by atoms with Crippen LogP contribution >= 0.6 is 0 Å². The van der Waals surface area contributed by atoms with Gasteiger partial charge in [0.15, 0.2) is 0 Å². The molecule has 0 amide bonds. The van der Waals surface area contributed by atoms with E-state index in [0.29, 0.717) is 0 Å². The van der Waals surface area contributed by atoms with Gasteiger partial charge in [-0.1, -0.05) is 97.3 Å². The summed E-state index contributed by atoms with van der Waals surface area (Å²) in [5.74, 6) is 1.53. The minimum absolute atomic E-state index is 1.21. The van der Waals surface area contributed by atoms with Gasteiger partial charge in [-0.2, -0.15) is 0 Å². The van der Waals surface area contributed by atoms with Crippen LogP contribution in [0, 0.1) is 0 Å². The first-order valence-electron chi connectivity index (χ1n) is 11.8. The van der Waals surface area contributed by atoms with E-state index < -0.39 is 0 Å². The highest BCUT2D eigenvalue weighted by atomic mass is 15.1. The highest BCUT2D eigenvalue weighted by molar-refractivity contribution is 4.84. The predicted molar refractivity (Wildman–Crippen MR) is 115 cm³/mol. The van der Waals surface area contributed by atoms with Crippen molar-refractivity contribution in [1.82, 2.24) is 4.57 Å². The van der Waals surface area contributed by atoms with Gasteiger partial charge in [0.1, 0.15) is 12.4 Å². The van der Waals surface area contributed by atoms with Crippen molar-refractivity contribution in [1.29, 1.82) is 0 Å². The van der Waals surface area contributed by atoms with E-state index in [1.807, 2.05) is 0 Å². The first-order chi connectivity index (χ1) is 12.8. The number of aryl methyl sites for hydroxylation is 2. The molecule has 0 spiro atoms. The third-order valence-corrected chi connectivity index (χ3v) is 5.72. The molecule has 0 aromatic carbocycles. The summed E-state index contributed by atoms with van der Waals surface area (Å²) >= 11 is 0. The van der Waals surface area contributed by atoms with Crippen molar-refractivity contribution in [3.8, 4) is 0 Å². The van der Waals surface area contributed by atoms with Gasteiger partial charge in [0.25, 0.3) is 5.82 Å². The SMILES string of the molecule is CCCCCCCCCCc1n(CCCCCCCCCC)cc[n+]1C. The molecule has 0 saturated heterocycles. The summed E-state index contributed by atoms with van der Waals surface area (Å²) in [6.45, 7) is 5.80. The quantitative estimate of drug-likeness (QED) is 0.194. The Morgan fingerprint density at radius 2 is 1.12 bits per heavy atom. The predicted octanol–water partition coefficient (Wildman–Crippen LogP) is 7.14. The van der Waals surface area contributed by atoms with Gasteiger partial charge in [-0.05, 0) is 19.3 Å². The summed E-state index contributed by atoms with van der Waals surface area (Å²) in [4.78, 5) is 0. The van der Waals surface area contributed by atoms with E-state index in [4.69, 9.17) is 0 Å². The maximum atomic E-state index is 2.51. The molecule has 0 aliphatic carbocycles. The first-order valence-corrected chi connectivity index (χ1v) is 11.8. The summed E-state index contributed by atoms with van der Waals surface area (Å²) in [6.07, 6.45) is 28.3. The normalized spacial score (nSPS) is 11.3. The topological polar surface area (TPSA) is 8.81 Å². The molecule has 0 bridgehead atoms. The summed E-state index contributed by atoms with van der Waals surface area (Å²) in [6, 6.07) is 0. The fourth-order valence-electron chi connectivity index (χ4n) is 3.91. The Labute approximate surface area is 164 Å². The maximum Gasteiger partial charge on any atom is 0.256 e. The molecule has 26 heavy (non-hydrogen) atoms. The molecule has 0 saturated carbocycles. The zero-order valence-electron chi connectivity index (χ0n) is 18.3. The van der Waals surface area contributed by atoms with E-state index >= 15 is 0 Å². The van der Waals surface area contributed by atoms with Crippen LogP contribution in [-0.4, -0.2) is 4.57 Å². The monoisotopic (exact) mass is 363 g/mol. The van der Waals surface area contributed by atoms with Gasteiger partial charge in [0, 0.05) is 6.42 Å². The Balaban J connectivity index is 2.10. The number of unbranched alkanes of at least 4 members (excludes halogenated alkanes) is 14. The molecule has 2 nitrogen and oxygen atoms in total. The molecule has 0 radical (unpaired) electrons. The molecule has 1 heterocycles. The fraction of sp³-hybridized carbons (Fsp3) is 0.875.